The topological polar surface area (TPSA) is 0 Å². The van der Waals surface area contributed by atoms with E-state index in [1.807, 2.05) is 0 Å². The number of hydrogen-bond donors (Lipinski definition) is 0. The highest BCUT2D eigenvalue weighted by Gasteiger charge is 2.53. The van der Waals surface area contributed by atoms with E-state index in [1.54, 1.807) is 0 Å². The number of alkyl halides is 1. The molecule has 3 aliphatic rings. The van der Waals surface area contributed by atoms with Gasteiger partial charge in [-0.2, -0.15) is 0 Å². The van der Waals surface area contributed by atoms with Crippen molar-refractivity contribution in [3.63, 3.8) is 0 Å². The zero-order chi connectivity index (χ0) is 7.42. The summed E-state index contributed by atoms with van der Waals surface area (Å²) in [6, 6.07) is 0. The fourth-order valence-corrected chi connectivity index (χ4v) is 4.50. The predicted octanol–water partition coefficient (Wildman–Crippen LogP) is 3.05. The molecule has 0 radical (unpaired) electrons. The molecule has 0 saturated heterocycles. The Kier molecular flexibility index (Phi) is 1.33. The Hall–Kier alpha value is 0.290. The molecular formula is C10H15Cl. The quantitative estimate of drug-likeness (QED) is 0.491. The molecule has 0 spiro atoms. The van der Waals surface area contributed by atoms with Gasteiger partial charge in [-0.15, -0.1) is 11.6 Å². The van der Waals surface area contributed by atoms with Gasteiger partial charge in [-0.25, -0.2) is 0 Å². The largest absolute Gasteiger partial charge is 0.123 e. The maximum absolute atomic E-state index is 6.28. The molecule has 3 rings (SSSR count). The van der Waals surface area contributed by atoms with Gasteiger partial charge < -0.3 is 0 Å². The fraction of sp³-hybridized carbons (Fsp3) is 1.00. The van der Waals surface area contributed by atoms with Crippen molar-refractivity contribution >= 4 is 11.6 Å². The first-order valence-corrected chi connectivity index (χ1v) is 5.44. The molecule has 0 aromatic rings. The molecule has 3 saturated carbocycles. The highest BCUT2D eigenvalue weighted by Crippen LogP contribution is 2.59. The molecule has 3 aliphatic carbocycles. The average molecular weight is 171 g/mol. The third kappa shape index (κ3) is 0.771. The van der Waals surface area contributed by atoms with Crippen LogP contribution in [-0.4, -0.2) is 5.38 Å². The Balaban J connectivity index is 1.90. The molecule has 0 nitrogen and oxygen atoms in total. The van der Waals surface area contributed by atoms with Crippen molar-refractivity contribution in [2.45, 2.75) is 37.5 Å². The van der Waals surface area contributed by atoms with E-state index in [-0.39, 0.29) is 0 Å². The van der Waals surface area contributed by atoms with Crippen LogP contribution in [-0.2, 0) is 0 Å². The summed E-state index contributed by atoms with van der Waals surface area (Å²) in [4.78, 5) is 0. The molecule has 1 heteroatoms. The molecule has 0 amide bonds. The van der Waals surface area contributed by atoms with Crippen LogP contribution in [0, 0.1) is 23.7 Å². The Morgan fingerprint density at radius 3 is 2.64 bits per heavy atom. The van der Waals surface area contributed by atoms with Crippen LogP contribution in [0.25, 0.3) is 0 Å². The molecule has 0 aromatic carbocycles. The first-order valence-electron chi connectivity index (χ1n) is 5.00. The van der Waals surface area contributed by atoms with Gasteiger partial charge in [0.2, 0.25) is 0 Å². The smallest absolute Gasteiger partial charge is 0.0369 e. The lowest BCUT2D eigenvalue weighted by Crippen LogP contribution is -2.24. The fourth-order valence-electron chi connectivity index (χ4n) is 3.98. The molecular weight excluding hydrogens is 156 g/mol. The van der Waals surface area contributed by atoms with Gasteiger partial charge in [-0.1, -0.05) is 6.42 Å². The maximum Gasteiger partial charge on any atom is 0.0369 e. The van der Waals surface area contributed by atoms with Crippen LogP contribution in [0.4, 0.5) is 0 Å². The third-order valence-electron chi connectivity index (χ3n) is 4.35. The van der Waals surface area contributed by atoms with Crippen molar-refractivity contribution in [1.82, 2.24) is 0 Å². The number of halogens is 1. The highest BCUT2D eigenvalue weighted by molar-refractivity contribution is 6.21. The summed E-state index contributed by atoms with van der Waals surface area (Å²) in [5, 5.41) is 0.555. The van der Waals surface area contributed by atoms with E-state index in [2.05, 4.69) is 0 Å². The Labute approximate surface area is 73.3 Å². The molecule has 0 aromatic heterocycles. The second-order valence-electron chi connectivity index (χ2n) is 4.67. The van der Waals surface area contributed by atoms with Crippen LogP contribution < -0.4 is 0 Å². The number of hydrogen-bond acceptors (Lipinski definition) is 0. The molecule has 0 N–H and O–H groups in total. The highest BCUT2D eigenvalue weighted by atomic mass is 35.5. The molecule has 0 aliphatic heterocycles. The lowest BCUT2D eigenvalue weighted by Gasteiger charge is -2.27. The Bertz CT molecular complexity index is 178. The first-order chi connectivity index (χ1) is 5.36. The van der Waals surface area contributed by atoms with E-state index in [0.717, 1.165) is 23.7 Å². The molecule has 3 fully saturated rings. The van der Waals surface area contributed by atoms with E-state index in [9.17, 15) is 0 Å². The SMILES string of the molecule is ClC1CC2CC1C1CCCC21. The minimum Gasteiger partial charge on any atom is -0.123 e. The zero-order valence-corrected chi connectivity index (χ0v) is 7.56. The van der Waals surface area contributed by atoms with Crippen molar-refractivity contribution in [2.75, 3.05) is 0 Å². The van der Waals surface area contributed by atoms with Gasteiger partial charge in [0.15, 0.2) is 0 Å². The van der Waals surface area contributed by atoms with Gasteiger partial charge in [-0.05, 0) is 49.4 Å². The lowest BCUT2D eigenvalue weighted by atomic mass is 9.82. The van der Waals surface area contributed by atoms with Gasteiger partial charge >= 0.3 is 0 Å². The first kappa shape index (κ1) is 6.77. The van der Waals surface area contributed by atoms with Gasteiger partial charge in [-0.3, -0.25) is 0 Å². The van der Waals surface area contributed by atoms with Crippen LogP contribution in [0.15, 0.2) is 0 Å². The zero-order valence-electron chi connectivity index (χ0n) is 6.80. The van der Waals surface area contributed by atoms with E-state index < -0.39 is 0 Å². The second-order valence-corrected chi connectivity index (χ2v) is 5.23. The average Bonchev–Trinajstić information content (AvgIpc) is 2.52. The normalized spacial score (nSPS) is 60.3. The summed E-state index contributed by atoms with van der Waals surface area (Å²) in [5.74, 6) is 4.12. The van der Waals surface area contributed by atoms with Crippen LogP contribution in [0.1, 0.15) is 32.1 Å². The van der Waals surface area contributed by atoms with Gasteiger partial charge in [0.25, 0.3) is 0 Å². The van der Waals surface area contributed by atoms with Crippen LogP contribution in [0.2, 0.25) is 0 Å². The van der Waals surface area contributed by atoms with Crippen molar-refractivity contribution in [3.8, 4) is 0 Å². The monoisotopic (exact) mass is 170 g/mol. The number of rotatable bonds is 0. The summed E-state index contributed by atoms with van der Waals surface area (Å²) < 4.78 is 0. The predicted molar refractivity (Wildman–Crippen MR) is 46.7 cm³/mol. The Morgan fingerprint density at radius 2 is 1.73 bits per heavy atom. The number of fused-ring (bicyclic) bond motifs is 5. The summed E-state index contributed by atoms with van der Waals surface area (Å²) in [5.41, 5.74) is 0. The van der Waals surface area contributed by atoms with Crippen molar-refractivity contribution in [3.05, 3.63) is 0 Å². The summed E-state index contributed by atoms with van der Waals surface area (Å²) in [7, 11) is 0. The van der Waals surface area contributed by atoms with Gasteiger partial charge in [0.1, 0.15) is 0 Å². The molecule has 5 atom stereocenters. The van der Waals surface area contributed by atoms with Crippen molar-refractivity contribution in [1.29, 1.82) is 0 Å². The molecule has 0 heterocycles. The summed E-state index contributed by atoms with van der Waals surface area (Å²) >= 11 is 6.28. The van der Waals surface area contributed by atoms with Crippen LogP contribution in [0.5, 0.6) is 0 Å². The molecule has 11 heavy (non-hydrogen) atoms. The van der Waals surface area contributed by atoms with Crippen molar-refractivity contribution < 1.29 is 0 Å². The molecule has 2 bridgehead atoms. The van der Waals surface area contributed by atoms with Crippen LogP contribution >= 0.6 is 11.6 Å². The molecule has 62 valence electrons. The Morgan fingerprint density at radius 1 is 0.909 bits per heavy atom. The minimum absolute atomic E-state index is 0.555. The van der Waals surface area contributed by atoms with Crippen molar-refractivity contribution in [2.24, 2.45) is 23.7 Å². The molecule has 5 unspecified atom stereocenters. The van der Waals surface area contributed by atoms with Gasteiger partial charge in [0.05, 0.1) is 0 Å². The second kappa shape index (κ2) is 2.16. The minimum atomic E-state index is 0.555. The van der Waals surface area contributed by atoms with E-state index in [0.29, 0.717) is 5.38 Å². The van der Waals surface area contributed by atoms with E-state index in [4.69, 9.17) is 11.6 Å². The lowest BCUT2D eigenvalue weighted by molar-refractivity contribution is 0.263. The summed E-state index contributed by atoms with van der Waals surface area (Å²) in [6.07, 6.45) is 7.33. The van der Waals surface area contributed by atoms with E-state index >= 15 is 0 Å². The standard InChI is InChI=1S/C10H15Cl/c11-10-5-6-4-9(10)8-3-1-2-7(6)8/h6-10H,1-5H2. The maximum atomic E-state index is 6.28. The van der Waals surface area contributed by atoms with E-state index in [1.165, 1.54) is 32.1 Å². The van der Waals surface area contributed by atoms with Crippen LogP contribution in [0.3, 0.4) is 0 Å². The van der Waals surface area contributed by atoms with Gasteiger partial charge in [0, 0.05) is 5.38 Å². The summed E-state index contributed by atoms with van der Waals surface area (Å²) in [6.45, 7) is 0. The third-order valence-corrected chi connectivity index (χ3v) is 4.85.